The van der Waals surface area contributed by atoms with Gasteiger partial charge in [-0.15, -0.1) is 0 Å². The van der Waals surface area contributed by atoms with Crippen molar-refractivity contribution in [3.8, 4) is 5.75 Å². The van der Waals surface area contributed by atoms with E-state index < -0.39 is 24.6 Å². The Balaban J connectivity index is 1.88. The third kappa shape index (κ3) is 3.10. The van der Waals surface area contributed by atoms with Crippen molar-refractivity contribution < 1.29 is 24.1 Å². The third-order valence-electron chi connectivity index (χ3n) is 4.46. The summed E-state index contributed by atoms with van der Waals surface area (Å²) in [5, 5.41) is 11.4. The van der Waals surface area contributed by atoms with Gasteiger partial charge in [-0.3, -0.25) is 4.98 Å². The van der Waals surface area contributed by atoms with E-state index in [0.717, 1.165) is 22.0 Å². The van der Waals surface area contributed by atoms with Crippen LogP contribution in [0.4, 0.5) is 0 Å². The van der Waals surface area contributed by atoms with Crippen LogP contribution in [0.3, 0.4) is 0 Å². The highest BCUT2D eigenvalue weighted by molar-refractivity contribution is 5.86. The maximum atomic E-state index is 10.3. The number of fused-ring (bicyclic) bond motifs is 1. The van der Waals surface area contributed by atoms with Crippen molar-refractivity contribution in [2.45, 2.75) is 38.4 Å². The van der Waals surface area contributed by atoms with Gasteiger partial charge in [0.1, 0.15) is 24.1 Å². The van der Waals surface area contributed by atoms with E-state index in [9.17, 15) is 5.11 Å². The highest BCUT2D eigenvalue weighted by Gasteiger charge is 2.41. The Hall–Kier alpha value is -1.73. The van der Waals surface area contributed by atoms with Crippen LogP contribution in [0, 0.1) is 13.8 Å². The molecule has 1 saturated heterocycles. The maximum absolute atomic E-state index is 10.3. The van der Waals surface area contributed by atoms with Crippen molar-refractivity contribution in [3.63, 3.8) is 0 Å². The maximum Gasteiger partial charge on any atom is 0.229 e. The smallest absolute Gasteiger partial charge is 0.229 e. The van der Waals surface area contributed by atoms with Crippen molar-refractivity contribution in [3.05, 3.63) is 35.5 Å². The van der Waals surface area contributed by atoms with Gasteiger partial charge in [0, 0.05) is 25.8 Å². The first-order chi connectivity index (χ1) is 11.5. The zero-order valence-corrected chi connectivity index (χ0v) is 14.4. The summed E-state index contributed by atoms with van der Waals surface area (Å²) in [5.41, 5.74) is 3.10. The van der Waals surface area contributed by atoms with Crippen LogP contribution in [0.2, 0.25) is 0 Å². The Morgan fingerprint density at radius 1 is 1.17 bits per heavy atom. The van der Waals surface area contributed by atoms with Crippen LogP contribution in [0.25, 0.3) is 10.9 Å². The van der Waals surface area contributed by atoms with Gasteiger partial charge >= 0.3 is 0 Å². The monoisotopic (exact) mass is 333 g/mol. The molecule has 1 fully saturated rings. The Morgan fingerprint density at radius 3 is 2.67 bits per heavy atom. The molecule has 1 aliphatic rings. The van der Waals surface area contributed by atoms with E-state index in [1.807, 2.05) is 32.0 Å². The number of rotatable bonds is 4. The molecule has 1 aromatic carbocycles. The fourth-order valence-corrected chi connectivity index (χ4v) is 3.05. The lowest BCUT2D eigenvalue weighted by Gasteiger charge is -2.38. The molecule has 0 spiro atoms. The second kappa shape index (κ2) is 7.03. The molecule has 0 aliphatic carbocycles. The van der Waals surface area contributed by atoms with Crippen LogP contribution in [-0.4, -0.2) is 55.5 Å². The van der Waals surface area contributed by atoms with E-state index in [1.54, 1.807) is 6.20 Å². The molecule has 0 saturated carbocycles. The van der Waals surface area contributed by atoms with Crippen molar-refractivity contribution in [2.24, 2.45) is 0 Å². The van der Waals surface area contributed by atoms with Crippen molar-refractivity contribution in [2.75, 3.05) is 20.8 Å². The number of pyridine rings is 1. The Labute approximate surface area is 141 Å². The quantitative estimate of drug-likeness (QED) is 0.923. The van der Waals surface area contributed by atoms with E-state index in [-0.39, 0.29) is 6.61 Å². The van der Waals surface area contributed by atoms with Crippen LogP contribution in [-0.2, 0) is 14.2 Å². The molecule has 1 aliphatic heterocycles. The largest absolute Gasteiger partial charge is 0.462 e. The second-order valence-electron chi connectivity index (χ2n) is 6.05. The molecule has 3 rings (SSSR count). The van der Waals surface area contributed by atoms with E-state index >= 15 is 0 Å². The number of ether oxygens (including phenoxy) is 4. The second-order valence-corrected chi connectivity index (χ2v) is 6.05. The van der Waals surface area contributed by atoms with Gasteiger partial charge in [-0.05, 0) is 43.2 Å². The zero-order valence-electron chi connectivity index (χ0n) is 14.4. The first-order valence-corrected chi connectivity index (χ1v) is 7.93. The Bertz CT molecular complexity index is 720. The SMILES string of the molecule is CO[C@H]1[C@@H](Oc2cc(C)c3nccc(C)c3c2)OC[C@@H](OC)[C@@H]1O. The van der Waals surface area contributed by atoms with Crippen LogP contribution in [0.5, 0.6) is 5.75 Å². The molecule has 6 heteroatoms. The number of aryl methyl sites for hydroxylation is 2. The van der Waals surface area contributed by atoms with Crippen LogP contribution >= 0.6 is 0 Å². The fourth-order valence-electron chi connectivity index (χ4n) is 3.05. The normalized spacial score (nSPS) is 27.4. The van der Waals surface area contributed by atoms with Gasteiger partial charge in [-0.25, -0.2) is 0 Å². The fraction of sp³-hybridized carbons (Fsp3) is 0.500. The number of nitrogens with zero attached hydrogens (tertiary/aromatic N) is 1. The Kier molecular flexibility index (Phi) is 5.01. The molecular formula is C18H23NO5. The summed E-state index contributed by atoms with van der Waals surface area (Å²) < 4.78 is 22.2. The highest BCUT2D eigenvalue weighted by atomic mass is 16.7. The van der Waals surface area contributed by atoms with Gasteiger partial charge in [-0.1, -0.05) is 0 Å². The zero-order chi connectivity index (χ0) is 17.3. The highest BCUT2D eigenvalue weighted by Crippen LogP contribution is 2.29. The van der Waals surface area contributed by atoms with Crippen LogP contribution < -0.4 is 4.74 Å². The summed E-state index contributed by atoms with van der Waals surface area (Å²) in [6.07, 6.45) is -0.777. The van der Waals surface area contributed by atoms with Gasteiger partial charge < -0.3 is 24.1 Å². The number of aromatic nitrogens is 1. The molecule has 2 aromatic rings. The minimum atomic E-state index is -0.816. The predicted molar refractivity (Wildman–Crippen MR) is 89.2 cm³/mol. The van der Waals surface area contributed by atoms with E-state index in [1.165, 1.54) is 14.2 Å². The summed E-state index contributed by atoms with van der Waals surface area (Å²) in [6.45, 7) is 4.28. The third-order valence-corrected chi connectivity index (χ3v) is 4.46. The average molecular weight is 333 g/mol. The lowest BCUT2D eigenvalue weighted by Crippen LogP contribution is -2.56. The lowest BCUT2D eigenvalue weighted by molar-refractivity contribution is -0.253. The number of hydrogen-bond donors (Lipinski definition) is 1. The minimum absolute atomic E-state index is 0.245. The summed E-state index contributed by atoms with van der Waals surface area (Å²) in [5.74, 6) is 0.659. The first kappa shape index (κ1) is 17.1. The van der Waals surface area contributed by atoms with Crippen LogP contribution in [0.15, 0.2) is 24.4 Å². The first-order valence-electron chi connectivity index (χ1n) is 7.93. The minimum Gasteiger partial charge on any atom is -0.462 e. The molecule has 0 bridgehead atoms. The predicted octanol–water partition coefficient (Wildman–Crippen LogP) is 1.98. The van der Waals surface area contributed by atoms with Gasteiger partial charge in [0.15, 0.2) is 0 Å². The molecule has 4 atom stereocenters. The standard InChI is InChI=1S/C18H23NO5/c1-10-5-6-19-15-11(2)7-12(8-13(10)15)24-18-17(22-4)16(20)14(21-3)9-23-18/h5-8,14,16-18,20H,9H2,1-4H3/t14-,16+,17-,18-/m1/s1. The summed E-state index contributed by atoms with van der Waals surface area (Å²) in [7, 11) is 3.05. The number of hydrogen-bond acceptors (Lipinski definition) is 6. The van der Waals surface area contributed by atoms with E-state index in [2.05, 4.69) is 4.98 Å². The van der Waals surface area contributed by atoms with Gasteiger partial charge in [0.2, 0.25) is 6.29 Å². The number of aliphatic hydroxyl groups is 1. The number of benzene rings is 1. The molecule has 6 nitrogen and oxygen atoms in total. The Morgan fingerprint density at radius 2 is 1.96 bits per heavy atom. The van der Waals surface area contributed by atoms with Gasteiger partial charge in [-0.2, -0.15) is 0 Å². The van der Waals surface area contributed by atoms with E-state index in [4.69, 9.17) is 18.9 Å². The van der Waals surface area contributed by atoms with Gasteiger partial charge in [0.25, 0.3) is 0 Å². The number of aliphatic hydroxyl groups excluding tert-OH is 1. The topological polar surface area (TPSA) is 70.0 Å². The molecule has 0 radical (unpaired) electrons. The lowest BCUT2D eigenvalue weighted by atomic mass is 10.0. The van der Waals surface area contributed by atoms with Gasteiger partial charge in [0.05, 0.1) is 12.1 Å². The van der Waals surface area contributed by atoms with Crippen LogP contribution in [0.1, 0.15) is 11.1 Å². The molecule has 2 heterocycles. The van der Waals surface area contributed by atoms with Crippen molar-refractivity contribution >= 4 is 10.9 Å². The molecular weight excluding hydrogens is 310 g/mol. The summed E-state index contributed by atoms with van der Waals surface area (Å²) >= 11 is 0. The molecule has 0 amide bonds. The summed E-state index contributed by atoms with van der Waals surface area (Å²) in [4.78, 5) is 4.43. The van der Waals surface area contributed by atoms with Crippen molar-refractivity contribution in [1.29, 1.82) is 0 Å². The molecule has 1 aromatic heterocycles. The van der Waals surface area contributed by atoms with E-state index in [0.29, 0.717) is 5.75 Å². The number of methoxy groups -OCH3 is 2. The molecule has 24 heavy (non-hydrogen) atoms. The molecule has 130 valence electrons. The molecule has 1 N–H and O–H groups in total. The van der Waals surface area contributed by atoms with Crippen molar-refractivity contribution in [1.82, 2.24) is 4.98 Å². The summed E-state index contributed by atoms with van der Waals surface area (Å²) in [6, 6.07) is 5.82. The average Bonchev–Trinajstić information content (AvgIpc) is 2.56. The molecule has 0 unspecified atom stereocenters.